The highest BCUT2D eigenvalue weighted by Crippen LogP contribution is 2.18. The molecule has 1 aromatic carbocycles. The van der Waals surface area contributed by atoms with Gasteiger partial charge in [0, 0.05) is 11.4 Å². The van der Waals surface area contributed by atoms with Gasteiger partial charge in [-0.05, 0) is 43.0 Å². The van der Waals surface area contributed by atoms with Crippen LogP contribution in [0.15, 0.2) is 23.1 Å². The molecule has 3 nitrogen and oxygen atoms in total. The predicted molar refractivity (Wildman–Crippen MR) is 78.5 cm³/mol. The van der Waals surface area contributed by atoms with Crippen LogP contribution in [-0.2, 0) is 10.0 Å². The Kier molecular flexibility index (Phi) is 5.95. The zero-order valence-corrected chi connectivity index (χ0v) is 13.7. The molecule has 1 rings (SSSR count). The van der Waals surface area contributed by atoms with Gasteiger partial charge in [0.1, 0.15) is 5.82 Å². The Morgan fingerprint density at radius 3 is 2.47 bits per heavy atom. The van der Waals surface area contributed by atoms with Crippen molar-refractivity contribution in [2.45, 2.75) is 38.1 Å². The van der Waals surface area contributed by atoms with Crippen LogP contribution in [0.2, 0.25) is 0 Å². The third kappa shape index (κ3) is 4.54. The summed E-state index contributed by atoms with van der Waals surface area (Å²) in [5.41, 5.74) is 0.411. The van der Waals surface area contributed by atoms with E-state index in [1.165, 1.54) is 12.1 Å². The number of benzene rings is 1. The first kappa shape index (κ1) is 16.6. The Morgan fingerprint density at radius 2 is 2.00 bits per heavy atom. The van der Waals surface area contributed by atoms with E-state index in [0.717, 1.165) is 11.4 Å². The lowest BCUT2D eigenvalue weighted by atomic mass is 10.0. The summed E-state index contributed by atoms with van der Waals surface area (Å²) in [6.07, 6.45) is 0.705. The third-order valence-electron chi connectivity index (χ3n) is 2.96. The van der Waals surface area contributed by atoms with Gasteiger partial charge in [0.05, 0.1) is 4.90 Å². The number of sulfonamides is 1. The number of aryl methyl sites for hydroxylation is 1. The molecule has 1 atom stereocenters. The minimum absolute atomic E-state index is 0.133. The SMILES string of the molecule is Cc1cc(F)ccc1S(=O)(=O)NC(CCBr)C(C)C. The second kappa shape index (κ2) is 6.81. The monoisotopic (exact) mass is 351 g/mol. The Bertz CT molecular complexity index is 531. The van der Waals surface area contributed by atoms with Gasteiger partial charge in [-0.1, -0.05) is 29.8 Å². The van der Waals surface area contributed by atoms with Crippen molar-refractivity contribution in [1.82, 2.24) is 4.72 Å². The Balaban J connectivity index is 3.03. The van der Waals surface area contributed by atoms with Crippen molar-refractivity contribution < 1.29 is 12.8 Å². The maximum absolute atomic E-state index is 13.0. The first-order chi connectivity index (χ1) is 8.77. The molecule has 0 amide bonds. The van der Waals surface area contributed by atoms with Gasteiger partial charge < -0.3 is 0 Å². The molecule has 1 aromatic rings. The summed E-state index contributed by atoms with van der Waals surface area (Å²) in [6.45, 7) is 5.52. The molecule has 0 aliphatic carbocycles. The molecular weight excluding hydrogens is 333 g/mol. The fourth-order valence-electron chi connectivity index (χ4n) is 1.82. The molecule has 108 valence electrons. The number of hydrogen-bond donors (Lipinski definition) is 1. The van der Waals surface area contributed by atoms with Gasteiger partial charge in [0.15, 0.2) is 0 Å². The third-order valence-corrected chi connectivity index (χ3v) is 5.07. The zero-order chi connectivity index (χ0) is 14.6. The predicted octanol–water partition coefficient (Wildman–Crippen LogP) is 3.22. The van der Waals surface area contributed by atoms with E-state index in [9.17, 15) is 12.8 Å². The number of hydrogen-bond acceptors (Lipinski definition) is 2. The lowest BCUT2D eigenvalue weighted by Crippen LogP contribution is -2.39. The molecule has 1 N–H and O–H groups in total. The maximum Gasteiger partial charge on any atom is 0.241 e. The van der Waals surface area contributed by atoms with Crippen LogP contribution in [0.25, 0.3) is 0 Å². The van der Waals surface area contributed by atoms with Crippen molar-refractivity contribution in [3.63, 3.8) is 0 Å². The van der Waals surface area contributed by atoms with Crippen LogP contribution in [0.3, 0.4) is 0 Å². The summed E-state index contributed by atoms with van der Waals surface area (Å²) in [5.74, 6) is -0.245. The van der Waals surface area contributed by atoms with E-state index >= 15 is 0 Å². The summed E-state index contributed by atoms with van der Waals surface area (Å²) in [4.78, 5) is 0.133. The molecule has 0 aliphatic rings. The van der Waals surface area contributed by atoms with Gasteiger partial charge in [0.2, 0.25) is 10.0 Å². The van der Waals surface area contributed by atoms with Crippen molar-refractivity contribution in [2.75, 3.05) is 5.33 Å². The molecule has 0 radical (unpaired) electrons. The molecule has 1 unspecified atom stereocenters. The average Bonchev–Trinajstić information content (AvgIpc) is 2.27. The summed E-state index contributed by atoms with van der Waals surface area (Å²) >= 11 is 3.32. The Morgan fingerprint density at radius 1 is 1.37 bits per heavy atom. The average molecular weight is 352 g/mol. The largest absolute Gasteiger partial charge is 0.241 e. The number of nitrogens with one attached hydrogen (secondary N) is 1. The van der Waals surface area contributed by atoms with Gasteiger partial charge in [-0.2, -0.15) is 0 Å². The molecule has 0 aliphatic heterocycles. The van der Waals surface area contributed by atoms with Gasteiger partial charge in [-0.3, -0.25) is 0 Å². The fourth-order valence-corrected chi connectivity index (χ4v) is 3.96. The minimum atomic E-state index is -3.61. The Hall–Kier alpha value is -0.460. The van der Waals surface area contributed by atoms with Crippen LogP contribution in [-0.4, -0.2) is 19.8 Å². The maximum atomic E-state index is 13.0. The fraction of sp³-hybridized carbons (Fsp3) is 0.538. The molecule has 6 heteroatoms. The molecule has 0 saturated carbocycles. The van der Waals surface area contributed by atoms with Gasteiger partial charge in [-0.25, -0.2) is 17.5 Å². The summed E-state index contributed by atoms with van der Waals surface area (Å²) in [5, 5.41) is 0.723. The molecule has 0 bridgehead atoms. The highest BCUT2D eigenvalue weighted by Gasteiger charge is 2.23. The van der Waals surface area contributed by atoms with E-state index in [0.29, 0.717) is 12.0 Å². The lowest BCUT2D eigenvalue weighted by Gasteiger charge is -2.22. The highest BCUT2D eigenvalue weighted by molar-refractivity contribution is 9.09. The van der Waals surface area contributed by atoms with Crippen LogP contribution in [0.4, 0.5) is 4.39 Å². The van der Waals surface area contributed by atoms with Crippen molar-refractivity contribution >= 4 is 26.0 Å². The molecule has 19 heavy (non-hydrogen) atoms. The molecule has 0 saturated heterocycles. The summed E-state index contributed by atoms with van der Waals surface area (Å²) in [7, 11) is -3.61. The van der Waals surface area contributed by atoms with Crippen molar-refractivity contribution in [2.24, 2.45) is 5.92 Å². The Labute approximate surface area is 122 Å². The first-order valence-corrected chi connectivity index (χ1v) is 8.73. The van der Waals surface area contributed by atoms with Crippen LogP contribution >= 0.6 is 15.9 Å². The van der Waals surface area contributed by atoms with Crippen LogP contribution in [0.1, 0.15) is 25.8 Å². The quantitative estimate of drug-likeness (QED) is 0.799. The van der Waals surface area contributed by atoms with E-state index in [4.69, 9.17) is 0 Å². The lowest BCUT2D eigenvalue weighted by molar-refractivity contribution is 0.440. The zero-order valence-electron chi connectivity index (χ0n) is 11.3. The molecule has 0 fully saturated rings. The molecule has 0 heterocycles. The normalized spacial score (nSPS) is 13.8. The molecule has 0 spiro atoms. The molecule has 0 aromatic heterocycles. The van der Waals surface area contributed by atoms with E-state index in [2.05, 4.69) is 20.7 Å². The number of halogens is 2. The minimum Gasteiger partial charge on any atom is -0.208 e. The number of alkyl halides is 1. The first-order valence-electron chi connectivity index (χ1n) is 6.12. The smallest absolute Gasteiger partial charge is 0.208 e. The van der Waals surface area contributed by atoms with Crippen LogP contribution in [0.5, 0.6) is 0 Å². The number of rotatable bonds is 6. The van der Waals surface area contributed by atoms with E-state index in [1.54, 1.807) is 6.92 Å². The van der Waals surface area contributed by atoms with Gasteiger partial charge in [-0.15, -0.1) is 0 Å². The van der Waals surface area contributed by atoms with Crippen molar-refractivity contribution in [3.05, 3.63) is 29.6 Å². The topological polar surface area (TPSA) is 46.2 Å². The highest BCUT2D eigenvalue weighted by atomic mass is 79.9. The standard InChI is InChI=1S/C13H19BrFNO2S/c1-9(2)12(6-7-14)16-19(17,18)13-5-4-11(15)8-10(13)3/h4-5,8-9,12,16H,6-7H2,1-3H3. The van der Waals surface area contributed by atoms with Gasteiger partial charge in [0.25, 0.3) is 0 Å². The van der Waals surface area contributed by atoms with E-state index in [-0.39, 0.29) is 16.9 Å². The van der Waals surface area contributed by atoms with Gasteiger partial charge >= 0.3 is 0 Å². The second-order valence-electron chi connectivity index (χ2n) is 4.86. The van der Waals surface area contributed by atoms with E-state index in [1.807, 2.05) is 13.8 Å². The second-order valence-corrected chi connectivity index (χ2v) is 7.33. The molecular formula is C13H19BrFNO2S. The van der Waals surface area contributed by atoms with Crippen molar-refractivity contribution in [1.29, 1.82) is 0 Å². The van der Waals surface area contributed by atoms with Crippen LogP contribution in [0, 0.1) is 18.7 Å². The summed E-state index contributed by atoms with van der Waals surface area (Å²) in [6, 6.07) is 3.55. The van der Waals surface area contributed by atoms with E-state index < -0.39 is 15.8 Å². The summed E-state index contributed by atoms with van der Waals surface area (Å²) < 4.78 is 40.3. The van der Waals surface area contributed by atoms with Crippen molar-refractivity contribution in [3.8, 4) is 0 Å². The van der Waals surface area contributed by atoms with Crippen LogP contribution < -0.4 is 4.72 Å².